The molecule has 0 bridgehead atoms. The van der Waals surface area contributed by atoms with Gasteiger partial charge in [-0.15, -0.1) is 0 Å². The highest BCUT2D eigenvalue weighted by Gasteiger charge is 2.08. The van der Waals surface area contributed by atoms with Crippen molar-refractivity contribution in [2.24, 2.45) is 5.73 Å². The molecule has 1 rings (SSSR count). The number of hydrogen-bond donors (Lipinski definition) is 2. The van der Waals surface area contributed by atoms with Crippen molar-refractivity contribution in [1.29, 1.82) is 0 Å². The lowest BCUT2D eigenvalue weighted by Crippen LogP contribution is -2.13. The van der Waals surface area contributed by atoms with Crippen LogP contribution in [0, 0.1) is 0 Å². The standard InChI is InChI=1S/C13H19NO2/c1-2-3-4-6-10-7-5-8-11(13(10)16)9-12(14)15/h5,7-8,16H,2-4,6,9H2,1H3,(H2,14,15). The number of aromatic hydroxyl groups is 1. The summed E-state index contributed by atoms with van der Waals surface area (Å²) in [6.07, 6.45) is 4.32. The molecule has 0 aliphatic heterocycles. The molecule has 0 saturated heterocycles. The van der Waals surface area contributed by atoms with Gasteiger partial charge in [-0.05, 0) is 18.4 Å². The van der Waals surface area contributed by atoms with Crippen LogP contribution in [-0.2, 0) is 17.6 Å². The second kappa shape index (κ2) is 6.16. The largest absolute Gasteiger partial charge is 0.507 e. The van der Waals surface area contributed by atoms with Crippen LogP contribution in [0.5, 0.6) is 5.75 Å². The van der Waals surface area contributed by atoms with E-state index in [0.29, 0.717) is 5.56 Å². The molecule has 0 unspecified atom stereocenters. The molecule has 3 heteroatoms. The molecule has 0 saturated carbocycles. The third-order valence-electron chi connectivity index (χ3n) is 2.62. The summed E-state index contributed by atoms with van der Waals surface area (Å²) in [5.41, 5.74) is 6.65. The molecule has 0 aliphatic carbocycles. The summed E-state index contributed by atoms with van der Waals surface area (Å²) >= 11 is 0. The number of aryl methyl sites for hydroxylation is 1. The van der Waals surface area contributed by atoms with Crippen LogP contribution in [0.3, 0.4) is 0 Å². The number of carbonyl (C=O) groups is 1. The van der Waals surface area contributed by atoms with Crippen molar-refractivity contribution in [2.75, 3.05) is 0 Å². The molecule has 1 aromatic carbocycles. The lowest BCUT2D eigenvalue weighted by molar-refractivity contribution is -0.117. The fourth-order valence-electron chi connectivity index (χ4n) is 1.74. The Balaban J connectivity index is 2.74. The zero-order chi connectivity index (χ0) is 12.0. The first-order valence-corrected chi connectivity index (χ1v) is 5.73. The van der Waals surface area contributed by atoms with E-state index in [2.05, 4.69) is 6.92 Å². The maximum atomic E-state index is 10.8. The number of phenolic OH excluding ortho intramolecular Hbond substituents is 1. The Morgan fingerprint density at radius 2 is 2.00 bits per heavy atom. The van der Waals surface area contributed by atoms with Crippen molar-refractivity contribution < 1.29 is 9.90 Å². The molecule has 0 atom stereocenters. The van der Waals surface area contributed by atoms with Crippen molar-refractivity contribution in [3.8, 4) is 5.75 Å². The normalized spacial score (nSPS) is 10.3. The van der Waals surface area contributed by atoms with Gasteiger partial charge >= 0.3 is 0 Å². The van der Waals surface area contributed by atoms with E-state index in [1.807, 2.05) is 12.1 Å². The molecule has 1 amide bonds. The number of hydrogen-bond acceptors (Lipinski definition) is 2. The predicted octanol–water partition coefficient (Wildman–Crippen LogP) is 2.15. The molecule has 0 heterocycles. The number of amides is 1. The summed E-state index contributed by atoms with van der Waals surface area (Å²) in [5, 5.41) is 9.93. The summed E-state index contributed by atoms with van der Waals surface area (Å²) in [7, 11) is 0. The Kier molecular flexibility index (Phi) is 4.83. The van der Waals surface area contributed by atoms with Crippen LogP contribution >= 0.6 is 0 Å². The number of unbranched alkanes of at least 4 members (excludes halogenated alkanes) is 2. The first-order valence-electron chi connectivity index (χ1n) is 5.73. The van der Waals surface area contributed by atoms with E-state index in [4.69, 9.17) is 5.73 Å². The van der Waals surface area contributed by atoms with Crippen molar-refractivity contribution in [3.05, 3.63) is 29.3 Å². The van der Waals surface area contributed by atoms with Gasteiger partial charge in [0.05, 0.1) is 6.42 Å². The molecule has 0 radical (unpaired) electrons. The number of primary amides is 1. The Labute approximate surface area is 96.3 Å². The van der Waals surface area contributed by atoms with Crippen LogP contribution in [0.15, 0.2) is 18.2 Å². The zero-order valence-corrected chi connectivity index (χ0v) is 9.70. The minimum atomic E-state index is -0.416. The topological polar surface area (TPSA) is 63.3 Å². The molecule has 88 valence electrons. The van der Waals surface area contributed by atoms with Gasteiger partial charge in [0, 0.05) is 5.56 Å². The Morgan fingerprint density at radius 1 is 1.31 bits per heavy atom. The summed E-state index contributed by atoms with van der Waals surface area (Å²) in [6, 6.07) is 5.50. The first-order chi connectivity index (χ1) is 7.65. The number of carbonyl (C=O) groups excluding carboxylic acids is 1. The lowest BCUT2D eigenvalue weighted by atomic mass is 10.0. The third-order valence-corrected chi connectivity index (χ3v) is 2.62. The number of para-hydroxylation sites is 1. The molecule has 1 aromatic rings. The van der Waals surface area contributed by atoms with Gasteiger partial charge in [0.25, 0.3) is 0 Å². The molecule has 0 aliphatic rings. The van der Waals surface area contributed by atoms with Gasteiger partial charge in [-0.2, -0.15) is 0 Å². The van der Waals surface area contributed by atoms with Crippen molar-refractivity contribution in [2.45, 2.75) is 39.0 Å². The number of phenols is 1. The SMILES string of the molecule is CCCCCc1cccc(CC(N)=O)c1O. The highest BCUT2D eigenvalue weighted by Crippen LogP contribution is 2.24. The highest BCUT2D eigenvalue weighted by molar-refractivity contribution is 5.77. The molecular formula is C13H19NO2. The van der Waals surface area contributed by atoms with E-state index >= 15 is 0 Å². The lowest BCUT2D eigenvalue weighted by Gasteiger charge is -2.08. The van der Waals surface area contributed by atoms with E-state index in [9.17, 15) is 9.90 Å². The van der Waals surface area contributed by atoms with E-state index in [1.165, 1.54) is 0 Å². The second-order valence-electron chi connectivity index (χ2n) is 4.03. The van der Waals surface area contributed by atoms with Crippen molar-refractivity contribution in [3.63, 3.8) is 0 Å². The minimum absolute atomic E-state index is 0.105. The quantitative estimate of drug-likeness (QED) is 0.723. The smallest absolute Gasteiger partial charge is 0.221 e. The summed E-state index contributed by atoms with van der Waals surface area (Å²) in [6.45, 7) is 2.14. The Hall–Kier alpha value is -1.51. The van der Waals surface area contributed by atoms with Crippen LogP contribution < -0.4 is 5.73 Å². The number of benzene rings is 1. The van der Waals surface area contributed by atoms with E-state index in [1.54, 1.807) is 6.07 Å². The van der Waals surface area contributed by atoms with Gasteiger partial charge in [-0.1, -0.05) is 38.0 Å². The van der Waals surface area contributed by atoms with Gasteiger partial charge in [0.1, 0.15) is 5.75 Å². The number of nitrogens with two attached hydrogens (primary N) is 1. The Morgan fingerprint density at radius 3 is 2.62 bits per heavy atom. The number of rotatable bonds is 6. The van der Waals surface area contributed by atoms with Gasteiger partial charge < -0.3 is 10.8 Å². The van der Waals surface area contributed by atoms with Crippen LogP contribution in [0.4, 0.5) is 0 Å². The third kappa shape index (κ3) is 3.57. The second-order valence-corrected chi connectivity index (χ2v) is 4.03. The zero-order valence-electron chi connectivity index (χ0n) is 9.70. The Bertz CT molecular complexity index is 361. The summed E-state index contributed by atoms with van der Waals surface area (Å²) < 4.78 is 0. The maximum Gasteiger partial charge on any atom is 0.221 e. The monoisotopic (exact) mass is 221 g/mol. The molecule has 0 aromatic heterocycles. The average Bonchev–Trinajstić information content (AvgIpc) is 2.23. The van der Waals surface area contributed by atoms with Crippen LogP contribution in [0.2, 0.25) is 0 Å². The summed E-state index contributed by atoms with van der Waals surface area (Å²) in [5.74, 6) is -0.182. The van der Waals surface area contributed by atoms with Crippen LogP contribution in [0.1, 0.15) is 37.3 Å². The molecule has 3 nitrogen and oxygen atoms in total. The van der Waals surface area contributed by atoms with E-state index < -0.39 is 5.91 Å². The van der Waals surface area contributed by atoms with Crippen LogP contribution in [0.25, 0.3) is 0 Å². The fraction of sp³-hybridized carbons (Fsp3) is 0.462. The highest BCUT2D eigenvalue weighted by atomic mass is 16.3. The molecule has 3 N–H and O–H groups in total. The minimum Gasteiger partial charge on any atom is -0.507 e. The predicted molar refractivity (Wildman–Crippen MR) is 64.2 cm³/mol. The van der Waals surface area contributed by atoms with Gasteiger partial charge in [0.2, 0.25) is 5.91 Å². The molecule has 0 fully saturated rings. The van der Waals surface area contributed by atoms with Crippen molar-refractivity contribution >= 4 is 5.91 Å². The summed E-state index contributed by atoms with van der Waals surface area (Å²) in [4.78, 5) is 10.8. The average molecular weight is 221 g/mol. The van der Waals surface area contributed by atoms with Gasteiger partial charge in [0.15, 0.2) is 0 Å². The van der Waals surface area contributed by atoms with Crippen molar-refractivity contribution in [1.82, 2.24) is 0 Å². The fourth-order valence-corrected chi connectivity index (χ4v) is 1.74. The molecular weight excluding hydrogens is 202 g/mol. The maximum absolute atomic E-state index is 10.8. The molecule has 16 heavy (non-hydrogen) atoms. The van der Waals surface area contributed by atoms with E-state index in [-0.39, 0.29) is 12.2 Å². The first kappa shape index (κ1) is 12.6. The van der Waals surface area contributed by atoms with Crippen LogP contribution in [-0.4, -0.2) is 11.0 Å². The van der Waals surface area contributed by atoms with Gasteiger partial charge in [-0.25, -0.2) is 0 Å². The van der Waals surface area contributed by atoms with Gasteiger partial charge in [-0.3, -0.25) is 4.79 Å². The molecule has 0 spiro atoms. The van der Waals surface area contributed by atoms with E-state index in [0.717, 1.165) is 31.2 Å².